The van der Waals surface area contributed by atoms with E-state index in [1.54, 1.807) is 6.21 Å². The van der Waals surface area contributed by atoms with Gasteiger partial charge < -0.3 is 5.21 Å². The zero-order valence-corrected chi connectivity index (χ0v) is 11.2. The molecule has 0 spiro atoms. The highest BCUT2D eigenvalue weighted by molar-refractivity contribution is 5.64. The van der Waals surface area contributed by atoms with Crippen LogP contribution in [0.5, 0.6) is 0 Å². The van der Waals surface area contributed by atoms with Crippen LogP contribution in [-0.2, 0) is 0 Å². The molecular weight excluding hydrogens is 198 g/mol. The molecular formula is C14H25NO. The summed E-state index contributed by atoms with van der Waals surface area (Å²) in [6, 6.07) is 0. The van der Waals surface area contributed by atoms with Gasteiger partial charge in [0.25, 0.3) is 0 Å². The first-order valence-electron chi connectivity index (χ1n) is 5.85. The molecule has 0 aliphatic rings. The van der Waals surface area contributed by atoms with Gasteiger partial charge in [0.15, 0.2) is 0 Å². The van der Waals surface area contributed by atoms with Crippen LogP contribution in [0.4, 0.5) is 0 Å². The normalized spacial score (nSPS) is 13.2. The molecule has 0 aromatic carbocycles. The molecule has 0 aliphatic carbocycles. The largest absolute Gasteiger partial charge is 0.411 e. The van der Waals surface area contributed by atoms with Crippen molar-refractivity contribution in [2.24, 2.45) is 10.6 Å². The maximum Gasteiger partial charge on any atom is 0.0495 e. The Balaban J connectivity index is 4.09. The Kier molecular flexibility index (Phi) is 6.78. The second-order valence-electron chi connectivity index (χ2n) is 5.31. The van der Waals surface area contributed by atoms with Crippen LogP contribution in [0.2, 0.25) is 0 Å². The van der Waals surface area contributed by atoms with Crippen LogP contribution >= 0.6 is 0 Å². The molecule has 0 aliphatic heterocycles. The predicted octanol–water partition coefficient (Wildman–Crippen LogP) is 4.56. The average molecular weight is 223 g/mol. The Morgan fingerprint density at radius 3 is 2.31 bits per heavy atom. The summed E-state index contributed by atoms with van der Waals surface area (Å²) in [7, 11) is 0. The highest BCUT2D eigenvalue weighted by Crippen LogP contribution is 2.20. The molecule has 0 aromatic heterocycles. The van der Waals surface area contributed by atoms with E-state index in [4.69, 9.17) is 5.21 Å². The second kappa shape index (κ2) is 7.26. The Labute approximate surface area is 99.7 Å². The number of nitrogens with zero attached hydrogens (tertiary/aromatic N) is 1. The molecule has 0 amide bonds. The maximum absolute atomic E-state index is 8.51. The molecule has 0 bridgehead atoms. The lowest BCUT2D eigenvalue weighted by molar-refractivity contribution is 0.313. The number of allylic oxidation sites excluding steroid dienone is 4. The summed E-state index contributed by atoms with van der Waals surface area (Å²) in [4.78, 5) is 0. The third kappa shape index (κ3) is 8.27. The van der Waals surface area contributed by atoms with E-state index in [2.05, 4.69) is 51.9 Å². The number of oxime groups is 1. The van der Waals surface area contributed by atoms with Gasteiger partial charge in [0.05, 0.1) is 0 Å². The van der Waals surface area contributed by atoms with Crippen molar-refractivity contribution in [3.05, 3.63) is 23.3 Å². The molecule has 0 fully saturated rings. The van der Waals surface area contributed by atoms with Gasteiger partial charge in [-0.15, -0.1) is 5.16 Å². The minimum atomic E-state index is -0.0630. The topological polar surface area (TPSA) is 32.6 Å². The van der Waals surface area contributed by atoms with Gasteiger partial charge in [-0.1, -0.05) is 37.1 Å². The van der Waals surface area contributed by atoms with Crippen molar-refractivity contribution in [3.63, 3.8) is 0 Å². The fourth-order valence-corrected chi connectivity index (χ4v) is 1.34. The second-order valence-corrected chi connectivity index (χ2v) is 5.31. The van der Waals surface area contributed by atoms with Crippen molar-refractivity contribution < 1.29 is 5.21 Å². The van der Waals surface area contributed by atoms with Crippen molar-refractivity contribution in [1.29, 1.82) is 0 Å². The Morgan fingerprint density at radius 1 is 1.19 bits per heavy atom. The van der Waals surface area contributed by atoms with Gasteiger partial charge in [-0.3, -0.25) is 0 Å². The van der Waals surface area contributed by atoms with Gasteiger partial charge in [0.2, 0.25) is 0 Å². The van der Waals surface area contributed by atoms with E-state index in [-0.39, 0.29) is 5.41 Å². The smallest absolute Gasteiger partial charge is 0.0495 e. The molecule has 2 heteroatoms. The zero-order chi connectivity index (χ0) is 12.6. The first-order valence-corrected chi connectivity index (χ1v) is 5.85. The van der Waals surface area contributed by atoms with Crippen molar-refractivity contribution in [2.45, 2.75) is 53.9 Å². The lowest BCUT2D eigenvalue weighted by Gasteiger charge is -2.16. The monoisotopic (exact) mass is 223 g/mol. The molecule has 0 atom stereocenters. The Morgan fingerprint density at radius 2 is 1.81 bits per heavy atom. The number of hydrogen-bond donors (Lipinski definition) is 1. The van der Waals surface area contributed by atoms with Crippen LogP contribution in [0.1, 0.15) is 53.9 Å². The minimum Gasteiger partial charge on any atom is -0.411 e. The van der Waals surface area contributed by atoms with Crippen molar-refractivity contribution in [3.8, 4) is 0 Å². The lowest BCUT2D eigenvalue weighted by atomic mass is 9.89. The summed E-state index contributed by atoms with van der Waals surface area (Å²) in [6.07, 6.45) is 9.22. The van der Waals surface area contributed by atoms with E-state index in [1.807, 2.05) is 0 Å². The van der Waals surface area contributed by atoms with Crippen LogP contribution < -0.4 is 0 Å². The standard InChI is InChI=1S/C14H25NO/c1-12(2)7-6-8-13(3)9-10-14(4,5)11-15-16/h7,9,11,16H,6,8,10H2,1-5H3/b13-9+,15-11-. The molecule has 92 valence electrons. The first-order chi connectivity index (χ1) is 7.37. The fourth-order valence-electron chi connectivity index (χ4n) is 1.34. The van der Waals surface area contributed by atoms with E-state index in [1.165, 1.54) is 11.1 Å². The molecule has 0 heterocycles. The van der Waals surface area contributed by atoms with Crippen LogP contribution in [0.15, 0.2) is 28.5 Å². The zero-order valence-electron chi connectivity index (χ0n) is 11.2. The molecule has 0 rings (SSSR count). The van der Waals surface area contributed by atoms with Crippen LogP contribution in [0, 0.1) is 5.41 Å². The summed E-state index contributed by atoms with van der Waals surface area (Å²) < 4.78 is 0. The molecule has 0 saturated carbocycles. The number of rotatable bonds is 6. The average Bonchev–Trinajstić information content (AvgIpc) is 2.14. The molecule has 0 unspecified atom stereocenters. The highest BCUT2D eigenvalue weighted by atomic mass is 16.4. The third-order valence-corrected chi connectivity index (χ3v) is 2.48. The van der Waals surface area contributed by atoms with Gasteiger partial charge in [-0.2, -0.15) is 0 Å². The molecule has 0 saturated heterocycles. The van der Waals surface area contributed by atoms with E-state index in [0.29, 0.717) is 0 Å². The highest BCUT2D eigenvalue weighted by Gasteiger charge is 2.13. The van der Waals surface area contributed by atoms with Crippen molar-refractivity contribution in [1.82, 2.24) is 0 Å². The lowest BCUT2D eigenvalue weighted by Crippen LogP contribution is -2.11. The van der Waals surface area contributed by atoms with Gasteiger partial charge in [-0.05, 0) is 40.0 Å². The molecule has 16 heavy (non-hydrogen) atoms. The molecule has 0 aromatic rings. The predicted molar refractivity (Wildman–Crippen MR) is 71.1 cm³/mol. The van der Waals surface area contributed by atoms with Crippen LogP contribution in [0.25, 0.3) is 0 Å². The summed E-state index contributed by atoms with van der Waals surface area (Å²) >= 11 is 0. The van der Waals surface area contributed by atoms with Gasteiger partial charge in [0, 0.05) is 11.6 Å². The SMILES string of the molecule is CC(C)=CCC/C(C)=C/CC(C)(C)/C=N\O. The fraction of sp³-hybridized carbons (Fsp3) is 0.643. The summed E-state index contributed by atoms with van der Waals surface area (Å²) in [6.45, 7) is 10.5. The van der Waals surface area contributed by atoms with E-state index >= 15 is 0 Å². The molecule has 2 nitrogen and oxygen atoms in total. The summed E-state index contributed by atoms with van der Waals surface area (Å²) in [5, 5.41) is 11.6. The van der Waals surface area contributed by atoms with E-state index < -0.39 is 0 Å². The van der Waals surface area contributed by atoms with E-state index in [9.17, 15) is 0 Å². The van der Waals surface area contributed by atoms with Gasteiger partial charge in [-0.25, -0.2) is 0 Å². The van der Waals surface area contributed by atoms with Crippen molar-refractivity contribution in [2.75, 3.05) is 0 Å². The summed E-state index contributed by atoms with van der Waals surface area (Å²) in [5.74, 6) is 0. The minimum absolute atomic E-state index is 0.0630. The third-order valence-electron chi connectivity index (χ3n) is 2.48. The van der Waals surface area contributed by atoms with Crippen molar-refractivity contribution >= 4 is 6.21 Å². The molecule has 0 radical (unpaired) electrons. The van der Waals surface area contributed by atoms with E-state index in [0.717, 1.165) is 19.3 Å². The van der Waals surface area contributed by atoms with Gasteiger partial charge in [0.1, 0.15) is 0 Å². The quantitative estimate of drug-likeness (QED) is 0.304. The van der Waals surface area contributed by atoms with Gasteiger partial charge >= 0.3 is 0 Å². The maximum atomic E-state index is 8.51. The van der Waals surface area contributed by atoms with Crippen LogP contribution in [-0.4, -0.2) is 11.4 Å². The molecule has 1 N–H and O–H groups in total. The Hall–Kier alpha value is -1.05. The summed E-state index contributed by atoms with van der Waals surface area (Å²) in [5.41, 5.74) is 2.71. The first kappa shape index (κ1) is 14.9. The van der Waals surface area contributed by atoms with Crippen LogP contribution in [0.3, 0.4) is 0 Å². The Bertz CT molecular complexity index is 281. The number of hydrogen-bond acceptors (Lipinski definition) is 2.